The van der Waals surface area contributed by atoms with Gasteiger partial charge in [0, 0.05) is 26.4 Å². The Balaban J connectivity index is 1.86. The number of nitrogens with one attached hydrogen (secondary N) is 2. The Morgan fingerprint density at radius 3 is 2.63 bits per heavy atom. The number of hydrogen-bond donors (Lipinski definition) is 2. The first-order valence-corrected chi connectivity index (χ1v) is 9.63. The van der Waals surface area contributed by atoms with E-state index in [1.165, 1.54) is 5.56 Å². The highest BCUT2D eigenvalue weighted by Gasteiger charge is 2.15. The van der Waals surface area contributed by atoms with Crippen molar-refractivity contribution in [3.8, 4) is 5.69 Å². The number of methoxy groups -OCH3 is 1. The van der Waals surface area contributed by atoms with Gasteiger partial charge in [-0.2, -0.15) is 5.10 Å². The van der Waals surface area contributed by atoms with Crippen LogP contribution in [0, 0.1) is 6.92 Å². The zero-order chi connectivity index (χ0) is 19.7. The van der Waals surface area contributed by atoms with Gasteiger partial charge in [0.05, 0.1) is 23.5 Å². The van der Waals surface area contributed by atoms with Crippen LogP contribution in [0.5, 0.6) is 0 Å². The molecule has 0 aliphatic heterocycles. The molecule has 0 bridgehead atoms. The van der Waals surface area contributed by atoms with Crippen LogP contribution in [0.1, 0.15) is 38.4 Å². The predicted molar refractivity (Wildman–Crippen MR) is 112 cm³/mol. The maximum Gasteiger partial charge on any atom is 0.191 e. The Hall–Kier alpha value is -2.34. The standard InChI is InChI=1S/C21H33N5O/c1-6-22-20(24-16-21(3,4)27-5)23-14-10-11-18-15-26(25-17(18)2)19-12-8-7-9-13-19/h7-9,12-13,15H,6,10-11,14,16H2,1-5H3,(H2,22,23,24). The normalized spacial score (nSPS) is 12.3. The molecular formula is C21H33N5O. The summed E-state index contributed by atoms with van der Waals surface area (Å²) in [5.74, 6) is 0.833. The van der Waals surface area contributed by atoms with Crippen LogP contribution >= 0.6 is 0 Å². The molecule has 0 radical (unpaired) electrons. The lowest BCUT2D eigenvalue weighted by Gasteiger charge is -2.21. The number of guanidine groups is 1. The van der Waals surface area contributed by atoms with Crippen LogP contribution < -0.4 is 10.6 Å². The Labute approximate surface area is 163 Å². The molecular weight excluding hydrogens is 338 g/mol. The third-order valence-electron chi connectivity index (χ3n) is 4.45. The molecule has 0 aliphatic rings. The van der Waals surface area contributed by atoms with Gasteiger partial charge in [0.1, 0.15) is 0 Å². The maximum absolute atomic E-state index is 5.43. The van der Waals surface area contributed by atoms with Gasteiger partial charge in [0.2, 0.25) is 0 Å². The van der Waals surface area contributed by atoms with Crippen molar-refractivity contribution >= 4 is 5.96 Å². The molecule has 0 fully saturated rings. The van der Waals surface area contributed by atoms with E-state index in [9.17, 15) is 0 Å². The van der Waals surface area contributed by atoms with Gasteiger partial charge in [0.15, 0.2) is 5.96 Å². The van der Waals surface area contributed by atoms with Crippen LogP contribution in [-0.2, 0) is 11.2 Å². The van der Waals surface area contributed by atoms with Crippen LogP contribution in [0.25, 0.3) is 5.69 Å². The lowest BCUT2D eigenvalue weighted by atomic mass is 10.1. The molecule has 2 aromatic rings. The topological polar surface area (TPSA) is 63.5 Å². The summed E-state index contributed by atoms with van der Waals surface area (Å²) >= 11 is 0. The van der Waals surface area contributed by atoms with Crippen molar-refractivity contribution in [3.63, 3.8) is 0 Å². The number of aliphatic imine (C=N–C) groups is 1. The number of aryl methyl sites for hydroxylation is 2. The molecule has 2 N–H and O–H groups in total. The Morgan fingerprint density at radius 1 is 1.22 bits per heavy atom. The van der Waals surface area contributed by atoms with Gasteiger partial charge in [-0.3, -0.25) is 4.99 Å². The molecule has 0 atom stereocenters. The summed E-state index contributed by atoms with van der Waals surface area (Å²) in [7, 11) is 1.72. The Kier molecular flexibility index (Phi) is 7.85. The monoisotopic (exact) mass is 371 g/mol. The molecule has 1 aromatic heterocycles. The van der Waals surface area contributed by atoms with E-state index < -0.39 is 0 Å². The summed E-state index contributed by atoms with van der Waals surface area (Å²) in [6, 6.07) is 10.2. The highest BCUT2D eigenvalue weighted by molar-refractivity contribution is 5.79. The molecule has 6 nitrogen and oxygen atoms in total. The number of ether oxygens (including phenoxy) is 1. The summed E-state index contributed by atoms with van der Waals surface area (Å²) in [4.78, 5) is 4.61. The van der Waals surface area contributed by atoms with E-state index in [0.29, 0.717) is 6.54 Å². The molecule has 0 spiro atoms. The minimum atomic E-state index is -0.258. The molecule has 0 aliphatic carbocycles. The van der Waals surface area contributed by atoms with Gasteiger partial charge in [0.25, 0.3) is 0 Å². The first kappa shape index (κ1) is 21.0. The fourth-order valence-electron chi connectivity index (χ4n) is 2.62. The largest absolute Gasteiger partial charge is 0.377 e. The number of aromatic nitrogens is 2. The molecule has 6 heteroatoms. The van der Waals surface area contributed by atoms with Gasteiger partial charge in [-0.1, -0.05) is 18.2 Å². The molecule has 27 heavy (non-hydrogen) atoms. The molecule has 2 rings (SSSR count). The van der Waals surface area contributed by atoms with Crippen molar-refractivity contribution < 1.29 is 4.74 Å². The smallest absolute Gasteiger partial charge is 0.191 e. The van der Waals surface area contributed by atoms with E-state index in [4.69, 9.17) is 4.74 Å². The van der Waals surface area contributed by atoms with Crippen molar-refractivity contribution in [1.29, 1.82) is 0 Å². The fourth-order valence-corrected chi connectivity index (χ4v) is 2.62. The van der Waals surface area contributed by atoms with Crippen molar-refractivity contribution in [1.82, 2.24) is 20.4 Å². The van der Waals surface area contributed by atoms with Gasteiger partial charge in [-0.15, -0.1) is 0 Å². The van der Waals surface area contributed by atoms with Crippen LogP contribution in [0.15, 0.2) is 41.5 Å². The summed E-state index contributed by atoms with van der Waals surface area (Å²) in [5, 5.41) is 11.3. The fraction of sp³-hybridized carbons (Fsp3) is 0.524. The van der Waals surface area contributed by atoms with Crippen molar-refractivity contribution in [2.75, 3.05) is 26.7 Å². The zero-order valence-corrected chi connectivity index (χ0v) is 17.2. The van der Waals surface area contributed by atoms with Crippen LogP contribution in [-0.4, -0.2) is 48.1 Å². The van der Waals surface area contributed by atoms with E-state index in [1.54, 1.807) is 7.11 Å². The second kappa shape index (κ2) is 10.1. The lowest BCUT2D eigenvalue weighted by Crippen LogP contribution is -2.39. The average Bonchev–Trinajstić information content (AvgIpc) is 3.04. The molecule has 1 heterocycles. The van der Waals surface area contributed by atoms with E-state index in [-0.39, 0.29) is 5.60 Å². The highest BCUT2D eigenvalue weighted by Crippen LogP contribution is 2.13. The van der Waals surface area contributed by atoms with Crippen LogP contribution in [0.4, 0.5) is 0 Å². The van der Waals surface area contributed by atoms with Crippen molar-refractivity contribution in [2.45, 2.75) is 46.1 Å². The molecule has 1 aromatic carbocycles. The summed E-state index contributed by atoms with van der Waals surface area (Å²) in [6.45, 7) is 10.5. The third kappa shape index (κ3) is 6.71. The van der Waals surface area contributed by atoms with E-state index in [2.05, 4.69) is 52.9 Å². The third-order valence-corrected chi connectivity index (χ3v) is 4.45. The first-order valence-electron chi connectivity index (χ1n) is 9.63. The molecule has 0 unspecified atom stereocenters. The van der Waals surface area contributed by atoms with Gasteiger partial charge in [-0.25, -0.2) is 4.68 Å². The second-order valence-corrected chi connectivity index (χ2v) is 7.21. The van der Waals surface area contributed by atoms with Crippen molar-refractivity contribution in [3.05, 3.63) is 47.8 Å². The molecule has 148 valence electrons. The lowest BCUT2D eigenvalue weighted by molar-refractivity contribution is 0.0310. The number of rotatable bonds is 9. The minimum absolute atomic E-state index is 0.258. The highest BCUT2D eigenvalue weighted by atomic mass is 16.5. The Morgan fingerprint density at radius 2 is 1.96 bits per heavy atom. The summed E-state index contributed by atoms with van der Waals surface area (Å²) in [5.41, 5.74) is 3.20. The maximum atomic E-state index is 5.43. The van der Waals surface area contributed by atoms with E-state index in [1.807, 2.05) is 36.7 Å². The average molecular weight is 372 g/mol. The van der Waals surface area contributed by atoms with Gasteiger partial charge < -0.3 is 15.4 Å². The number of nitrogens with zero attached hydrogens (tertiary/aromatic N) is 3. The molecule has 0 saturated carbocycles. The van der Waals surface area contributed by atoms with E-state index in [0.717, 1.165) is 43.3 Å². The number of para-hydroxylation sites is 1. The van der Waals surface area contributed by atoms with Crippen molar-refractivity contribution in [2.24, 2.45) is 4.99 Å². The van der Waals surface area contributed by atoms with Gasteiger partial charge in [-0.05, 0) is 58.2 Å². The predicted octanol–water partition coefficient (Wildman–Crippen LogP) is 3.09. The van der Waals surface area contributed by atoms with E-state index >= 15 is 0 Å². The molecule has 0 saturated heterocycles. The number of hydrogen-bond acceptors (Lipinski definition) is 3. The van der Waals surface area contributed by atoms with Gasteiger partial charge >= 0.3 is 0 Å². The molecule has 0 amide bonds. The SMILES string of the molecule is CCNC(=NCC(C)(C)OC)NCCCc1cn(-c2ccccc2)nc1C. The van der Waals surface area contributed by atoms with Crippen LogP contribution in [0.2, 0.25) is 0 Å². The Bertz CT molecular complexity index is 721. The summed E-state index contributed by atoms with van der Waals surface area (Å²) in [6.07, 6.45) is 4.12. The minimum Gasteiger partial charge on any atom is -0.377 e. The summed E-state index contributed by atoms with van der Waals surface area (Å²) < 4.78 is 7.38. The first-order chi connectivity index (χ1) is 12.9. The van der Waals surface area contributed by atoms with Crippen LogP contribution in [0.3, 0.4) is 0 Å². The number of benzene rings is 1. The second-order valence-electron chi connectivity index (χ2n) is 7.21. The quantitative estimate of drug-likeness (QED) is 0.404. The zero-order valence-electron chi connectivity index (χ0n) is 17.2.